The van der Waals surface area contributed by atoms with Crippen LogP contribution in [0.15, 0.2) is 18.2 Å². The molecule has 1 aromatic heterocycles. The van der Waals surface area contributed by atoms with Crippen molar-refractivity contribution in [3.8, 4) is 0 Å². The normalized spacial score (nSPS) is 12.6. The number of tetrazole rings is 1. The van der Waals surface area contributed by atoms with E-state index in [1.165, 1.54) is 12.1 Å². The molecule has 0 fully saturated rings. The lowest BCUT2D eigenvalue weighted by atomic mass is 10.1. The molecule has 2 rings (SSSR count). The van der Waals surface area contributed by atoms with E-state index < -0.39 is 11.6 Å². The van der Waals surface area contributed by atoms with Crippen molar-refractivity contribution in [2.24, 2.45) is 0 Å². The van der Waals surface area contributed by atoms with Crippen LogP contribution < -0.4 is 5.32 Å². The minimum atomic E-state index is -0.851. The largest absolute Gasteiger partial charge is 0.303 e. The van der Waals surface area contributed by atoms with Crippen molar-refractivity contribution >= 4 is 0 Å². The zero-order valence-electron chi connectivity index (χ0n) is 9.11. The van der Waals surface area contributed by atoms with E-state index in [1.54, 1.807) is 6.92 Å². The van der Waals surface area contributed by atoms with Gasteiger partial charge in [0.15, 0.2) is 17.5 Å². The molecule has 2 aromatic rings. The van der Waals surface area contributed by atoms with E-state index in [1.807, 2.05) is 0 Å². The lowest BCUT2D eigenvalue weighted by molar-refractivity contribution is 0.470. The first kappa shape index (κ1) is 11.6. The molecule has 1 atom stereocenters. The summed E-state index contributed by atoms with van der Waals surface area (Å²) in [4.78, 5) is 0. The first-order valence-electron chi connectivity index (χ1n) is 5.08. The summed E-state index contributed by atoms with van der Waals surface area (Å²) >= 11 is 0. The van der Waals surface area contributed by atoms with Crippen molar-refractivity contribution in [3.05, 3.63) is 41.2 Å². The molecule has 90 valence electrons. The number of benzene rings is 1. The van der Waals surface area contributed by atoms with Crippen LogP contribution in [-0.2, 0) is 6.54 Å². The van der Waals surface area contributed by atoms with Gasteiger partial charge in [0.2, 0.25) is 0 Å². The Kier molecular flexibility index (Phi) is 3.38. The highest BCUT2D eigenvalue weighted by atomic mass is 19.2. The van der Waals surface area contributed by atoms with Gasteiger partial charge in [-0.3, -0.25) is 0 Å². The van der Waals surface area contributed by atoms with Crippen molar-refractivity contribution in [3.63, 3.8) is 0 Å². The fourth-order valence-corrected chi connectivity index (χ4v) is 1.47. The van der Waals surface area contributed by atoms with Gasteiger partial charge < -0.3 is 5.32 Å². The lowest BCUT2D eigenvalue weighted by Gasteiger charge is -2.13. The predicted octanol–water partition coefficient (Wildman–Crippen LogP) is 1.33. The second kappa shape index (κ2) is 4.96. The van der Waals surface area contributed by atoms with Crippen LogP contribution in [0.4, 0.5) is 8.78 Å². The van der Waals surface area contributed by atoms with Crippen molar-refractivity contribution in [2.75, 3.05) is 0 Å². The van der Waals surface area contributed by atoms with Crippen LogP contribution in [0.1, 0.15) is 24.4 Å². The second-order valence-electron chi connectivity index (χ2n) is 3.57. The molecule has 5 nitrogen and oxygen atoms in total. The number of aromatic nitrogens is 4. The van der Waals surface area contributed by atoms with E-state index in [-0.39, 0.29) is 11.6 Å². The van der Waals surface area contributed by atoms with Crippen molar-refractivity contribution in [2.45, 2.75) is 19.5 Å². The second-order valence-corrected chi connectivity index (χ2v) is 3.57. The number of nitrogens with one attached hydrogen (secondary N) is 2. The molecular weight excluding hydrogens is 228 g/mol. The average Bonchev–Trinajstić information content (AvgIpc) is 2.82. The molecule has 2 N–H and O–H groups in total. The molecule has 1 aromatic carbocycles. The van der Waals surface area contributed by atoms with Gasteiger partial charge in [-0.2, -0.15) is 5.21 Å². The van der Waals surface area contributed by atoms with Crippen LogP contribution in [0.5, 0.6) is 0 Å². The molecule has 1 unspecified atom stereocenters. The zero-order chi connectivity index (χ0) is 12.3. The molecule has 0 bridgehead atoms. The fourth-order valence-electron chi connectivity index (χ4n) is 1.47. The third kappa shape index (κ3) is 2.62. The van der Waals surface area contributed by atoms with Gasteiger partial charge in [-0.1, -0.05) is 17.3 Å². The summed E-state index contributed by atoms with van der Waals surface area (Å²) < 4.78 is 26.5. The first-order chi connectivity index (χ1) is 8.18. The number of nitrogens with zero attached hydrogens (tertiary/aromatic N) is 3. The molecule has 0 saturated heterocycles. The monoisotopic (exact) mass is 239 g/mol. The van der Waals surface area contributed by atoms with E-state index >= 15 is 0 Å². The fraction of sp³-hybridized carbons (Fsp3) is 0.300. The Morgan fingerprint density at radius 3 is 2.94 bits per heavy atom. The van der Waals surface area contributed by atoms with Gasteiger partial charge in [0.1, 0.15) is 0 Å². The van der Waals surface area contributed by atoms with Crippen molar-refractivity contribution in [1.29, 1.82) is 0 Å². The van der Waals surface area contributed by atoms with Crippen LogP contribution in [0, 0.1) is 11.6 Å². The summed E-state index contributed by atoms with van der Waals surface area (Å²) in [7, 11) is 0. The van der Waals surface area contributed by atoms with E-state index in [4.69, 9.17) is 0 Å². The molecule has 7 heteroatoms. The van der Waals surface area contributed by atoms with Gasteiger partial charge >= 0.3 is 0 Å². The third-order valence-corrected chi connectivity index (χ3v) is 2.40. The standard InChI is InChI=1S/C10H11F2N5/c1-6(13-5-9-14-16-17-15-9)7-3-2-4-8(11)10(7)12/h2-4,6,13H,5H2,1H3,(H,14,15,16,17). The van der Waals surface area contributed by atoms with Gasteiger partial charge in [-0.05, 0) is 13.0 Å². The summed E-state index contributed by atoms with van der Waals surface area (Å²) in [5.74, 6) is -1.22. The topological polar surface area (TPSA) is 66.5 Å². The minimum Gasteiger partial charge on any atom is -0.303 e. The minimum absolute atomic E-state index is 0.272. The summed E-state index contributed by atoms with van der Waals surface area (Å²) in [6.45, 7) is 2.06. The Balaban J connectivity index is 2.04. The number of hydrogen-bond acceptors (Lipinski definition) is 4. The van der Waals surface area contributed by atoms with Gasteiger partial charge in [0.05, 0.1) is 6.54 Å². The summed E-state index contributed by atoms with van der Waals surface area (Å²) in [6.07, 6.45) is 0. The zero-order valence-corrected chi connectivity index (χ0v) is 9.11. The van der Waals surface area contributed by atoms with Crippen LogP contribution in [0.3, 0.4) is 0 Å². The van der Waals surface area contributed by atoms with Crippen LogP contribution in [-0.4, -0.2) is 20.6 Å². The van der Waals surface area contributed by atoms with Gasteiger partial charge in [-0.25, -0.2) is 8.78 Å². The molecule has 0 spiro atoms. The van der Waals surface area contributed by atoms with E-state index in [0.717, 1.165) is 6.07 Å². The van der Waals surface area contributed by atoms with Crippen LogP contribution in [0.2, 0.25) is 0 Å². The Morgan fingerprint density at radius 2 is 2.24 bits per heavy atom. The molecule has 1 heterocycles. The molecule has 0 radical (unpaired) electrons. The number of rotatable bonds is 4. The maximum atomic E-state index is 13.5. The molecular formula is C10H11F2N5. The molecule has 17 heavy (non-hydrogen) atoms. The molecule has 0 aliphatic heterocycles. The van der Waals surface area contributed by atoms with E-state index in [0.29, 0.717) is 12.4 Å². The highest BCUT2D eigenvalue weighted by molar-refractivity contribution is 5.21. The van der Waals surface area contributed by atoms with E-state index in [2.05, 4.69) is 25.9 Å². The Morgan fingerprint density at radius 1 is 1.41 bits per heavy atom. The number of hydrogen-bond donors (Lipinski definition) is 2. The summed E-state index contributed by atoms with van der Waals surface area (Å²) in [5.41, 5.74) is 0.272. The summed E-state index contributed by atoms with van der Waals surface area (Å²) in [5, 5.41) is 16.2. The maximum absolute atomic E-state index is 13.5. The Bertz CT molecular complexity index is 485. The smallest absolute Gasteiger partial charge is 0.188 e. The van der Waals surface area contributed by atoms with Crippen LogP contribution >= 0.6 is 0 Å². The van der Waals surface area contributed by atoms with Gasteiger partial charge in [-0.15, -0.1) is 10.2 Å². The van der Waals surface area contributed by atoms with Crippen molar-refractivity contribution < 1.29 is 8.78 Å². The quantitative estimate of drug-likeness (QED) is 0.844. The lowest BCUT2D eigenvalue weighted by Crippen LogP contribution is -2.20. The number of H-pyrrole nitrogens is 1. The maximum Gasteiger partial charge on any atom is 0.188 e. The van der Waals surface area contributed by atoms with Gasteiger partial charge in [0, 0.05) is 11.6 Å². The molecule has 0 aliphatic rings. The SMILES string of the molecule is CC(NCc1nn[nH]n1)c1cccc(F)c1F. The molecule has 0 aliphatic carbocycles. The number of aromatic amines is 1. The molecule has 0 saturated carbocycles. The van der Waals surface area contributed by atoms with E-state index in [9.17, 15) is 8.78 Å². The van der Waals surface area contributed by atoms with Crippen LogP contribution in [0.25, 0.3) is 0 Å². The summed E-state index contributed by atoms with van der Waals surface area (Å²) in [6, 6.07) is 3.75. The average molecular weight is 239 g/mol. The highest BCUT2D eigenvalue weighted by Gasteiger charge is 2.14. The predicted molar refractivity (Wildman–Crippen MR) is 55.8 cm³/mol. The Labute approximate surface area is 96.2 Å². The van der Waals surface area contributed by atoms with Crippen molar-refractivity contribution in [1.82, 2.24) is 25.9 Å². The molecule has 0 amide bonds. The third-order valence-electron chi connectivity index (χ3n) is 2.40. The van der Waals surface area contributed by atoms with Gasteiger partial charge in [0.25, 0.3) is 0 Å². The first-order valence-corrected chi connectivity index (χ1v) is 5.08. The Hall–Kier alpha value is -1.89. The highest BCUT2D eigenvalue weighted by Crippen LogP contribution is 2.18. The number of halogens is 2.